The van der Waals surface area contributed by atoms with Gasteiger partial charge < -0.3 is 25.0 Å². The molecule has 0 unspecified atom stereocenters. The second kappa shape index (κ2) is 12.1. The SMILES string of the molecule is CCn1c(=O)[nH]c2c(Cl)cc3c(c21)CN(CC(F)(F)F)C(=O)[C@H](CC(=O)N1CCC(N2CCc4ccccc4NC2=O)CC1)C3. The Morgan fingerprint density at radius 2 is 1.80 bits per heavy atom. The number of piperidine rings is 1. The summed E-state index contributed by atoms with van der Waals surface area (Å²) in [7, 11) is 0. The molecule has 0 radical (unpaired) electrons. The minimum atomic E-state index is -4.66. The molecular formula is C31H34ClF3N6O4. The summed E-state index contributed by atoms with van der Waals surface area (Å²) in [5.74, 6) is -2.13. The van der Waals surface area contributed by atoms with Crippen molar-refractivity contribution in [3.8, 4) is 0 Å². The number of rotatable bonds is 5. The van der Waals surface area contributed by atoms with E-state index in [9.17, 15) is 32.3 Å². The highest BCUT2D eigenvalue weighted by Crippen LogP contribution is 2.35. The maximum Gasteiger partial charge on any atom is 0.406 e. The number of nitrogens with one attached hydrogen (secondary N) is 2. The van der Waals surface area contributed by atoms with Gasteiger partial charge in [0.15, 0.2) is 0 Å². The largest absolute Gasteiger partial charge is 0.406 e. The molecule has 1 atom stereocenters. The standard InChI is InChI=1S/C31H34ClF3N6O4/c1-2-40-27-22-16-39(17-31(33,34)35)28(43)20(13-19(22)14-23(32)26(27)37-30(40)45)15-25(42)38-10-8-21(9-11-38)41-12-7-18-5-3-4-6-24(18)36-29(41)44/h3-6,14,20-21H,2,7-13,15-17H2,1H3,(H,36,44)(H,37,45)/t20-/m0/s1. The van der Waals surface area contributed by atoms with Crippen molar-refractivity contribution in [3.05, 3.63) is 62.5 Å². The first-order valence-electron chi connectivity index (χ1n) is 15.1. The van der Waals surface area contributed by atoms with Gasteiger partial charge in [-0.15, -0.1) is 0 Å². The van der Waals surface area contributed by atoms with Gasteiger partial charge in [-0.25, -0.2) is 9.59 Å². The van der Waals surface area contributed by atoms with Gasteiger partial charge in [0.05, 0.1) is 22.0 Å². The third-order valence-corrected chi connectivity index (χ3v) is 9.48. The lowest BCUT2D eigenvalue weighted by atomic mass is 9.92. The fraction of sp³-hybridized carbons (Fsp3) is 0.484. The maximum atomic E-state index is 13.7. The van der Waals surface area contributed by atoms with Crippen LogP contribution < -0.4 is 11.0 Å². The van der Waals surface area contributed by atoms with Gasteiger partial charge in [0.1, 0.15) is 6.54 Å². The molecule has 1 fully saturated rings. The Kier molecular flexibility index (Phi) is 8.31. The molecule has 6 rings (SSSR count). The number of aromatic amines is 1. The van der Waals surface area contributed by atoms with E-state index < -0.39 is 30.2 Å². The number of alkyl halides is 3. The molecule has 0 saturated carbocycles. The number of fused-ring (bicyclic) bond motifs is 4. The summed E-state index contributed by atoms with van der Waals surface area (Å²) >= 11 is 6.50. The molecule has 3 aliphatic rings. The predicted octanol–water partition coefficient (Wildman–Crippen LogP) is 4.54. The van der Waals surface area contributed by atoms with Crippen molar-refractivity contribution in [2.75, 3.05) is 31.5 Å². The Balaban J connectivity index is 1.19. The monoisotopic (exact) mass is 646 g/mol. The van der Waals surface area contributed by atoms with Gasteiger partial charge in [-0.3, -0.25) is 14.2 Å². The fourth-order valence-corrected chi connectivity index (χ4v) is 7.24. The van der Waals surface area contributed by atoms with Crippen LogP contribution in [0.4, 0.5) is 23.7 Å². The van der Waals surface area contributed by atoms with E-state index in [0.29, 0.717) is 61.1 Å². The number of carbonyl (C=O) groups excluding carboxylic acids is 3. The molecule has 2 N–H and O–H groups in total. The number of aryl methyl sites for hydroxylation is 1. The number of hydrogen-bond donors (Lipinski definition) is 2. The van der Waals surface area contributed by atoms with Gasteiger partial charge in [-0.05, 0) is 55.9 Å². The van der Waals surface area contributed by atoms with E-state index in [4.69, 9.17) is 11.6 Å². The summed E-state index contributed by atoms with van der Waals surface area (Å²) < 4.78 is 42.4. The van der Waals surface area contributed by atoms with Crippen LogP contribution in [0.25, 0.3) is 11.0 Å². The van der Waals surface area contributed by atoms with E-state index in [1.54, 1.807) is 17.9 Å². The summed E-state index contributed by atoms with van der Waals surface area (Å²) in [6.07, 6.45) is -3.11. The number of imidazole rings is 1. The zero-order valence-corrected chi connectivity index (χ0v) is 25.5. The zero-order chi connectivity index (χ0) is 32.0. The Bertz CT molecular complexity index is 1710. The van der Waals surface area contributed by atoms with Crippen LogP contribution in [-0.2, 0) is 35.5 Å². The van der Waals surface area contributed by atoms with Crippen molar-refractivity contribution in [3.63, 3.8) is 0 Å². The van der Waals surface area contributed by atoms with Crippen molar-refractivity contribution < 1.29 is 27.6 Å². The van der Waals surface area contributed by atoms with Crippen LogP contribution in [0.2, 0.25) is 5.02 Å². The summed E-state index contributed by atoms with van der Waals surface area (Å²) in [6.45, 7) is 1.42. The molecule has 240 valence electrons. The van der Waals surface area contributed by atoms with E-state index in [-0.39, 0.29) is 48.9 Å². The van der Waals surface area contributed by atoms with Gasteiger partial charge in [0.25, 0.3) is 0 Å². The summed E-state index contributed by atoms with van der Waals surface area (Å²) in [4.78, 5) is 59.5. The summed E-state index contributed by atoms with van der Waals surface area (Å²) in [5.41, 5.74) is 3.05. The molecule has 10 nitrogen and oxygen atoms in total. The molecule has 1 saturated heterocycles. The van der Waals surface area contributed by atoms with Crippen molar-refractivity contribution in [2.45, 2.75) is 64.3 Å². The van der Waals surface area contributed by atoms with Crippen LogP contribution in [0, 0.1) is 5.92 Å². The fourth-order valence-electron chi connectivity index (χ4n) is 6.98. The highest BCUT2D eigenvalue weighted by molar-refractivity contribution is 6.35. The molecule has 0 bridgehead atoms. The third-order valence-electron chi connectivity index (χ3n) is 9.18. The first-order valence-corrected chi connectivity index (χ1v) is 15.5. The van der Waals surface area contributed by atoms with Crippen molar-refractivity contribution in [2.24, 2.45) is 5.92 Å². The number of H-pyrrole nitrogens is 1. The van der Waals surface area contributed by atoms with Crippen molar-refractivity contribution in [1.29, 1.82) is 0 Å². The number of hydrogen-bond acceptors (Lipinski definition) is 4. The lowest BCUT2D eigenvalue weighted by molar-refractivity contribution is -0.165. The first-order chi connectivity index (χ1) is 21.4. The summed E-state index contributed by atoms with van der Waals surface area (Å²) in [6, 6.07) is 8.99. The smallest absolute Gasteiger partial charge is 0.343 e. The molecule has 0 spiro atoms. The number of halogens is 4. The number of benzene rings is 2. The molecule has 14 heteroatoms. The number of nitrogens with zero attached hydrogens (tertiary/aromatic N) is 4. The maximum absolute atomic E-state index is 13.7. The average molecular weight is 647 g/mol. The second-order valence-corrected chi connectivity index (χ2v) is 12.4. The average Bonchev–Trinajstić information content (AvgIpc) is 3.17. The lowest BCUT2D eigenvalue weighted by Crippen LogP contribution is -2.50. The predicted molar refractivity (Wildman–Crippen MR) is 162 cm³/mol. The quantitative estimate of drug-likeness (QED) is 0.424. The first kappa shape index (κ1) is 31.0. The highest BCUT2D eigenvalue weighted by Gasteiger charge is 2.40. The van der Waals surface area contributed by atoms with Crippen LogP contribution in [-0.4, -0.2) is 80.5 Å². The molecule has 3 aliphatic heterocycles. The number of urea groups is 1. The van der Waals surface area contributed by atoms with Crippen LogP contribution in [0.3, 0.4) is 0 Å². The molecule has 1 aromatic heterocycles. The number of likely N-dealkylation sites (tertiary alicyclic amines) is 1. The van der Waals surface area contributed by atoms with E-state index in [1.807, 2.05) is 29.2 Å². The molecule has 4 amide bonds. The van der Waals surface area contributed by atoms with Crippen molar-refractivity contribution in [1.82, 2.24) is 24.3 Å². The Morgan fingerprint density at radius 1 is 1.07 bits per heavy atom. The minimum absolute atomic E-state index is 0.0119. The molecule has 45 heavy (non-hydrogen) atoms. The zero-order valence-electron chi connectivity index (χ0n) is 24.8. The van der Waals surface area contributed by atoms with Gasteiger partial charge in [-0.2, -0.15) is 13.2 Å². The molecule has 3 aromatic rings. The molecule has 0 aliphatic carbocycles. The van der Waals surface area contributed by atoms with Gasteiger partial charge in [-0.1, -0.05) is 29.8 Å². The third kappa shape index (κ3) is 6.14. The molecular weight excluding hydrogens is 613 g/mol. The van der Waals surface area contributed by atoms with Gasteiger partial charge >= 0.3 is 17.9 Å². The normalized spacial score (nSPS) is 19.7. The second-order valence-electron chi connectivity index (χ2n) is 12.0. The van der Waals surface area contributed by atoms with E-state index >= 15 is 0 Å². The highest BCUT2D eigenvalue weighted by atomic mass is 35.5. The van der Waals surface area contributed by atoms with Crippen LogP contribution in [0.1, 0.15) is 42.9 Å². The number of carbonyl (C=O) groups is 3. The number of amides is 4. The topological polar surface area (TPSA) is 111 Å². The minimum Gasteiger partial charge on any atom is -0.343 e. The number of para-hydroxylation sites is 1. The van der Waals surface area contributed by atoms with E-state index in [0.717, 1.165) is 16.2 Å². The van der Waals surface area contributed by atoms with Crippen LogP contribution in [0.5, 0.6) is 0 Å². The molecule has 2 aromatic carbocycles. The summed E-state index contributed by atoms with van der Waals surface area (Å²) in [5, 5.41) is 3.19. The van der Waals surface area contributed by atoms with Gasteiger partial charge in [0.2, 0.25) is 11.8 Å². The van der Waals surface area contributed by atoms with Crippen LogP contribution >= 0.6 is 11.6 Å². The van der Waals surface area contributed by atoms with E-state index in [2.05, 4.69) is 10.3 Å². The molecule has 4 heterocycles. The number of anilines is 1. The van der Waals surface area contributed by atoms with Gasteiger partial charge in [0, 0.05) is 56.4 Å². The Labute approximate surface area is 262 Å². The van der Waals surface area contributed by atoms with Crippen LogP contribution in [0.15, 0.2) is 35.1 Å². The number of aromatic nitrogens is 2. The van der Waals surface area contributed by atoms with Crippen molar-refractivity contribution >= 4 is 46.2 Å². The lowest BCUT2D eigenvalue weighted by Gasteiger charge is -2.38. The van der Waals surface area contributed by atoms with E-state index in [1.165, 1.54) is 4.57 Å². The Morgan fingerprint density at radius 3 is 2.51 bits per heavy atom. The Hall–Kier alpha value is -4.00.